The summed E-state index contributed by atoms with van der Waals surface area (Å²) >= 11 is 0. The average molecular weight is 462 g/mol. The Balaban J connectivity index is 1.58. The molecule has 1 aliphatic rings. The van der Waals surface area contributed by atoms with E-state index in [-0.39, 0.29) is 17.5 Å². The second-order valence-electron chi connectivity index (χ2n) is 8.04. The molecule has 1 atom stereocenters. The molecule has 0 saturated carbocycles. The summed E-state index contributed by atoms with van der Waals surface area (Å²) < 4.78 is 40.7. The highest BCUT2D eigenvalue weighted by molar-refractivity contribution is 7.89. The van der Waals surface area contributed by atoms with Crippen LogP contribution in [0, 0.1) is 19.7 Å². The van der Waals surface area contributed by atoms with Gasteiger partial charge >= 0.3 is 11.8 Å². The number of aryl methyl sites for hydroxylation is 2. The molecule has 0 spiro atoms. The minimum atomic E-state index is -3.77. The van der Waals surface area contributed by atoms with E-state index in [2.05, 4.69) is 10.6 Å². The fraction of sp³-hybridized carbons (Fsp3) is 0.391. The monoisotopic (exact) mass is 461 g/mol. The summed E-state index contributed by atoms with van der Waals surface area (Å²) in [5, 5.41) is 5.17. The Morgan fingerprint density at radius 3 is 2.47 bits per heavy atom. The van der Waals surface area contributed by atoms with Crippen molar-refractivity contribution in [2.75, 3.05) is 18.4 Å². The molecule has 32 heavy (non-hydrogen) atoms. The van der Waals surface area contributed by atoms with Crippen LogP contribution in [0.4, 0.5) is 10.1 Å². The summed E-state index contributed by atoms with van der Waals surface area (Å²) in [6.45, 7) is 4.32. The Morgan fingerprint density at radius 2 is 1.78 bits per heavy atom. The van der Waals surface area contributed by atoms with Crippen molar-refractivity contribution in [1.82, 2.24) is 9.62 Å². The molecular weight excluding hydrogens is 433 g/mol. The van der Waals surface area contributed by atoms with Gasteiger partial charge in [-0.15, -0.1) is 0 Å². The van der Waals surface area contributed by atoms with Crippen molar-refractivity contribution in [2.24, 2.45) is 0 Å². The van der Waals surface area contributed by atoms with E-state index < -0.39 is 27.7 Å². The SMILES string of the molecule is Cc1ccc(NC(=O)C(=O)NCC[C@@H]2CCCCN2S(=O)(=O)c2ccc(F)cc2)c(C)c1. The lowest BCUT2D eigenvalue weighted by molar-refractivity contribution is -0.136. The van der Waals surface area contributed by atoms with Crippen molar-refractivity contribution >= 4 is 27.5 Å². The second kappa shape index (κ2) is 10.2. The topological polar surface area (TPSA) is 95.6 Å². The standard InChI is InChI=1S/C23H28FN3O4S/c1-16-6-11-21(17(2)15-16)26-23(29)22(28)25-13-12-19-5-3-4-14-27(19)32(30,31)20-9-7-18(24)8-10-20/h6-11,15,19H,3-5,12-14H2,1-2H3,(H,25,28)(H,26,29)/t19-/m0/s1. The van der Waals surface area contributed by atoms with Gasteiger partial charge in [-0.3, -0.25) is 9.59 Å². The molecule has 2 aromatic carbocycles. The smallest absolute Gasteiger partial charge is 0.313 e. The minimum Gasteiger partial charge on any atom is -0.348 e. The summed E-state index contributed by atoms with van der Waals surface area (Å²) in [6, 6.07) is 9.97. The van der Waals surface area contributed by atoms with Gasteiger partial charge in [-0.2, -0.15) is 4.31 Å². The first-order valence-corrected chi connectivity index (χ1v) is 12.1. The molecule has 0 aliphatic carbocycles. The molecule has 2 aromatic rings. The first-order chi connectivity index (χ1) is 15.2. The maximum absolute atomic E-state index is 13.2. The first-order valence-electron chi connectivity index (χ1n) is 10.6. The van der Waals surface area contributed by atoms with Crippen LogP contribution >= 0.6 is 0 Å². The van der Waals surface area contributed by atoms with E-state index in [9.17, 15) is 22.4 Å². The molecule has 172 valence electrons. The zero-order chi connectivity index (χ0) is 23.3. The number of benzene rings is 2. The number of hydrogen-bond acceptors (Lipinski definition) is 4. The van der Waals surface area contributed by atoms with Crippen molar-refractivity contribution in [2.45, 2.75) is 50.5 Å². The molecule has 3 rings (SSSR count). The van der Waals surface area contributed by atoms with Crippen LogP contribution in [0.15, 0.2) is 47.4 Å². The fourth-order valence-corrected chi connectivity index (χ4v) is 5.61. The van der Waals surface area contributed by atoms with Crippen LogP contribution in [0.1, 0.15) is 36.8 Å². The normalized spacial score (nSPS) is 17.0. The highest BCUT2D eigenvalue weighted by Crippen LogP contribution is 2.27. The van der Waals surface area contributed by atoms with Gasteiger partial charge in [0.05, 0.1) is 4.90 Å². The van der Waals surface area contributed by atoms with E-state index in [1.165, 1.54) is 16.4 Å². The van der Waals surface area contributed by atoms with Crippen molar-refractivity contribution in [3.8, 4) is 0 Å². The van der Waals surface area contributed by atoms with Crippen LogP contribution < -0.4 is 10.6 Å². The maximum atomic E-state index is 13.2. The van der Waals surface area contributed by atoms with E-state index in [4.69, 9.17) is 0 Å². The van der Waals surface area contributed by atoms with Crippen LogP contribution in [-0.2, 0) is 19.6 Å². The van der Waals surface area contributed by atoms with Gasteiger partial charge in [-0.1, -0.05) is 24.1 Å². The van der Waals surface area contributed by atoms with E-state index in [1.54, 1.807) is 6.07 Å². The molecule has 0 bridgehead atoms. The minimum absolute atomic E-state index is 0.0441. The van der Waals surface area contributed by atoms with Gasteiger partial charge in [0.25, 0.3) is 0 Å². The van der Waals surface area contributed by atoms with Gasteiger partial charge in [0.15, 0.2) is 0 Å². The van der Waals surface area contributed by atoms with Gasteiger partial charge in [0, 0.05) is 24.8 Å². The number of piperidine rings is 1. The number of hydrogen-bond donors (Lipinski definition) is 2. The van der Waals surface area contributed by atoms with Crippen LogP contribution in [0.5, 0.6) is 0 Å². The third kappa shape index (κ3) is 5.72. The first kappa shape index (κ1) is 23.9. The summed E-state index contributed by atoms with van der Waals surface area (Å²) in [7, 11) is -3.77. The lowest BCUT2D eigenvalue weighted by Crippen LogP contribution is -2.45. The lowest BCUT2D eigenvalue weighted by Gasteiger charge is -2.34. The predicted octanol–water partition coefficient (Wildman–Crippen LogP) is 3.13. The molecule has 0 unspecified atom stereocenters. The Hall–Kier alpha value is -2.78. The number of halogens is 1. The van der Waals surface area contributed by atoms with Crippen LogP contribution in [0.2, 0.25) is 0 Å². The molecule has 1 aliphatic heterocycles. The van der Waals surface area contributed by atoms with Crippen molar-refractivity contribution in [1.29, 1.82) is 0 Å². The molecule has 0 radical (unpaired) electrons. The third-order valence-electron chi connectivity index (χ3n) is 5.59. The fourth-order valence-electron chi connectivity index (χ4n) is 3.89. The Morgan fingerprint density at radius 1 is 1.06 bits per heavy atom. The number of nitrogens with zero attached hydrogens (tertiary/aromatic N) is 1. The largest absolute Gasteiger partial charge is 0.348 e. The molecule has 0 aromatic heterocycles. The second-order valence-corrected chi connectivity index (χ2v) is 9.93. The van der Waals surface area contributed by atoms with Gasteiger partial charge in [0.2, 0.25) is 10.0 Å². The Kier molecular flexibility index (Phi) is 7.63. The summed E-state index contributed by atoms with van der Waals surface area (Å²) in [5.74, 6) is -2.04. The predicted molar refractivity (Wildman–Crippen MR) is 120 cm³/mol. The van der Waals surface area contributed by atoms with Gasteiger partial charge in [-0.05, 0) is 69.0 Å². The van der Waals surface area contributed by atoms with Crippen LogP contribution in [0.3, 0.4) is 0 Å². The van der Waals surface area contributed by atoms with Crippen molar-refractivity contribution in [3.05, 3.63) is 59.4 Å². The average Bonchev–Trinajstić information content (AvgIpc) is 2.76. The quantitative estimate of drug-likeness (QED) is 0.646. The molecule has 7 nitrogen and oxygen atoms in total. The van der Waals surface area contributed by atoms with Crippen molar-refractivity contribution in [3.63, 3.8) is 0 Å². The number of rotatable bonds is 6. The van der Waals surface area contributed by atoms with Gasteiger partial charge < -0.3 is 10.6 Å². The molecule has 2 N–H and O–H groups in total. The number of sulfonamides is 1. The van der Waals surface area contributed by atoms with Gasteiger partial charge in [0.1, 0.15) is 5.82 Å². The molecule has 9 heteroatoms. The molecule has 2 amide bonds. The number of carbonyl (C=O) groups is 2. The number of amides is 2. The molecule has 1 heterocycles. The van der Waals surface area contributed by atoms with Crippen LogP contribution in [-0.4, -0.2) is 43.7 Å². The van der Waals surface area contributed by atoms with E-state index in [0.29, 0.717) is 25.1 Å². The van der Waals surface area contributed by atoms with E-state index >= 15 is 0 Å². The number of nitrogens with one attached hydrogen (secondary N) is 2. The Labute approximate surface area is 188 Å². The van der Waals surface area contributed by atoms with Crippen molar-refractivity contribution < 1.29 is 22.4 Å². The summed E-state index contributed by atoms with van der Waals surface area (Å²) in [4.78, 5) is 24.5. The highest BCUT2D eigenvalue weighted by Gasteiger charge is 2.33. The zero-order valence-electron chi connectivity index (χ0n) is 18.2. The maximum Gasteiger partial charge on any atom is 0.313 e. The zero-order valence-corrected chi connectivity index (χ0v) is 19.0. The van der Waals surface area contributed by atoms with E-state index in [1.807, 2.05) is 26.0 Å². The number of carbonyl (C=O) groups excluding carboxylic acids is 2. The van der Waals surface area contributed by atoms with Crippen LogP contribution in [0.25, 0.3) is 0 Å². The van der Waals surface area contributed by atoms with E-state index in [0.717, 1.165) is 36.1 Å². The Bertz CT molecular complexity index is 1090. The molecular formula is C23H28FN3O4S. The molecule has 1 fully saturated rings. The van der Waals surface area contributed by atoms with Gasteiger partial charge in [-0.25, -0.2) is 12.8 Å². The third-order valence-corrected chi connectivity index (χ3v) is 7.56. The highest BCUT2D eigenvalue weighted by atomic mass is 32.2. The summed E-state index contributed by atoms with van der Waals surface area (Å²) in [6.07, 6.45) is 2.65. The molecule has 1 saturated heterocycles. The summed E-state index contributed by atoms with van der Waals surface area (Å²) in [5.41, 5.74) is 2.48. The number of anilines is 1. The lowest BCUT2D eigenvalue weighted by atomic mass is 10.0.